The third-order valence-electron chi connectivity index (χ3n) is 4.24. The van der Waals surface area contributed by atoms with E-state index in [2.05, 4.69) is 4.74 Å². The van der Waals surface area contributed by atoms with Gasteiger partial charge in [-0.05, 0) is 31.4 Å². The molecule has 1 aromatic carbocycles. The molecule has 1 saturated carbocycles. The maximum Gasteiger partial charge on any atom is 0.336 e. The van der Waals surface area contributed by atoms with Crippen LogP contribution < -0.4 is 0 Å². The third kappa shape index (κ3) is 2.58. The van der Waals surface area contributed by atoms with Gasteiger partial charge < -0.3 is 9.57 Å². The molecule has 1 heterocycles. The Morgan fingerprint density at radius 2 is 1.52 bits per heavy atom. The molecular weight excluding hydrogens is 302 g/mol. The fourth-order valence-electron chi connectivity index (χ4n) is 2.99. The molecule has 23 heavy (non-hydrogen) atoms. The summed E-state index contributed by atoms with van der Waals surface area (Å²) in [6, 6.07) is 6.28. The van der Waals surface area contributed by atoms with Crippen LogP contribution in [0.25, 0.3) is 0 Å². The number of rotatable bonds is 3. The molecule has 0 saturated heterocycles. The summed E-state index contributed by atoms with van der Waals surface area (Å²) in [6.45, 7) is 0. The summed E-state index contributed by atoms with van der Waals surface area (Å²) in [6.07, 6.45) is 1.28. The summed E-state index contributed by atoms with van der Waals surface area (Å²) in [5.41, 5.74) is 0.424. The van der Waals surface area contributed by atoms with Crippen molar-refractivity contribution in [2.75, 3.05) is 7.11 Å². The van der Waals surface area contributed by atoms with Gasteiger partial charge in [-0.3, -0.25) is 14.4 Å². The number of benzene rings is 1. The Hall–Kier alpha value is -2.70. The topological polar surface area (TPSA) is 90.0 Å². The van der Waals surface area contributed by atoms with E-state index in [1.54, 1.807) is 12.1 Å². The minimum atomic E-state index is -0.675. The fourth-order valence-corrected chi connectivity index (χ4v) is 2.99. The van der Waals surface area contributed by atoms with Gasteiger partial charge in [-0.1, -0.05) is 17.2 Å². The standard InChI is InChI=1S/C16H15NO6/c1-22-15(20)9-6-7-10(8-9)16(21)23-17-13(18)11-4-2-3-5-12(11)14(17)19/h2-5,9-10H,6-8H2,1H3/t9-,10+/m0/s1. The lowest BCUT2D eigenvalue weighted by molar-refractivity contribution is -0.173. The molecule has 0 N–H and O–H groups in total. The van der Waals surface area contributed by atoms with Gasteiger partial charge in [0.1, 0.15) is 0 Å². The van der Waals surface area contributed by atoms with Crippen LogP contribution >= 0.6 is 0 Å². The lowest BCUT2D eigenvalue weighted by atomic mass is 10.1. The van der Waals surface area contributed by atoms with Gasteiger partial charge in [-0.15, -0.1) is 0 Å². The van der Waals surface area contributed by atoms with E-state index in [-0.39, 0.29) is 23.0 Å². The highest BCUT2D eigenvalue weighted by atomic mass is 16.7. The number of ether oxygens (including phenoxy) is 1. The number of amides is 2. The molecule has 0 radical (unpaired) electrons. The largest absolute Gasteiger partial charge is 0.469 e. The molecule has 1 aliphatic heterocycles. The Morgan fingerprint density at radius 1 is 1.00 bits per heavy atom. The molecule has 0 unspecified atom stereocenters. The number of methoxy groups -OCH3 is 1. The summed E-state index contributed by atoms with van der Waals surface area (Å²) in [7, 11) is 1.30. The molecular formula is C16H15NO6. The molecule has 7 nitrogen and oxygen atoms in total. The zero-order valence-corrected chi connectivity index (χ0v) is 12.5. The quantitative estimate of drug-likeness (QED) is 0.617. The maximum absolute atomic E-state index is 12.2. The first kappa shape index (κ1) is 15.2. The number of fused-ring (bicyclic) bond motifs is 1. The van der Waals surface area contributed by atoms with Crippen LogP contribution in [0, 0.1) is 11.8 Å². The number of esters is 1. The lowest BCUT2D eigenvalue weighted by Gasteiger charge is -2.15. The zero-order valence-electron chi connectivity index (χ0n) is 12.5. The van der Waals surface area contributed by atoms with E-state index in [0.717, 1.165) is 0 Å². The average molecular weight is 317 g/mol. The van der Waals surface area contributed by atoms with Crippen LogP contribution in [0.3, 0.4) is 0 Å². The first-order valence-corrected chi connectivity index (χ1v) is 7.30. The van der Waals surface area contributed by atoms with E-state index >= 15 is 0 Å². The van der Waals surface area contributed by atoms with E-state index in [0.29, 0.717) is 24.3 Å². The highest BCUT2D eigenvalue weighted by molar-refractivity contribution is 6.20. The number of hydroxylamine groups is 2. The first-order chi connectivity index (χ1) is 11.0. The van der Waals surface area contributed by atoms with E-state index < -0.39 is 23.7 Å². The van der Waals surface area contributed by atoms with Crippen LogP contribution in [0.5, 0.6) is 0 Å². The van der Waals surface area contributed by atoms with Gasteiger partial charge >= 0.3 is 11.9 Å². The van der Waals surface area contributed by atoms with Gasteiger partial charge in [-0.2, -0.15) is 0 Å². The maximum atomic E-state index is 12.2. The van der Waals surface area contributed by atoms with Crippen molar-refractivity contribution in [3.05, 3.63) is 35.4 Å². The van der Waals surface area contributed by atoms with Crippen LogP contribution in [-0.4, -0.2) is 35.9 Å². The Balaban J connectivity index is 1.67. The zero-order chi connectivity index (χ0) is 16.6. The molecule has 7 heteroatoms. The highest BCUT2D eigenvalue weighted by Crippen LogP contribution is 2.33. The van der Waals surface area contributed by atoms with Crippen molar-refractivity contribution in [2.45, 2.75) is 19.3 Å². The molecule has 1 aliphatic carbocycles. The van der Waals surface area contributed by atoms with Crippen LogP contribution in [0.1, 0.15) is 40.0 Å². The summed E-state index contributed by atoms with van der Waals surface area (Å²) < 4.78 is 4.66. The van der Waals surface area contributed by atoms with Crippen LogP contribution in [0.15, 0.2) is 24.3 Å². The van der Waals surface area contributed by atoms with Crippen molar-refractivity contribution in [1.82, 2.24) is 5.06 Å². The predicted molar refractivity (Wildman–Crippen MR) is 75.9 cm³/mol. The molecule has 2 aliphatic rings. The molecule has 2 atom stereocenters. The highest BCUT2D eigenvalue weighted by Gasteiger charge is 2.42. The Bertz CT molecular complexity index is 663. The third-order valence-corrected chi connectivity index (χ3v) is 4.24. The van der Waals surface area contributed by atoms with Gasteiger partial charge in [0, 0.05) is 0 Å². The van der Waals surface area contributed by atoms with Crippen molar-refractivity contribution < 1.29 is 28.8 Å². The Morgan fingerprint density at radius 3 is 2.04 bits per heavy atom. The summed E-state index contributed by atoms with van der Waals surface area (Å²) in [4.78, 5) is 52.9. The van der Waals surface area contributed by atoms with Crippen molar-refractivity contribution in [3.8, 4) is 0 Å². The molecule has 1 aromatic rings. The molecule has 3 rings (SSSR count). The summed E-state index contributed by atoms with van der Waals surface area (Å²) in [5.74, 6) is -3.21. The molecule has 2 amide bonds. The first-order valence-electron chi connectivity index (χ1n) is 7.30. The van der Waals surface area contributed by atoms with Gasteiger partial charge in [0.05, 0.1) is 30.1 Å². The van der Waals surface area contributed by atoms with Crippen LogP contribution in [-0.2, 0) is 19.2 Å². The van der Waals surface area contributed by atoms with E-state index in [1.807, 2.05) is 0 Å². The van der Waals surface area contributed by atoms with Gasteiger partial charge in [-0.25, -0.2) is 4.79 Å². The van der Waals surface area contributed by atoms with Crippen molar-refractivity contribution in [2.24, 2.45) is 11.8 Å². The van der Waals surface area contributed by atoms with Crippen molar-refractivity contribution in [1.29, 1.82) is 0 Å². The van der Waals surface area contributed by atoms with Crippen LogP contribution in [0.2, 0.25) is 0 Å². The number of imide groups is 1. The van der Waals surface area contributed by atoms with E-state index in [9.17, 15) is 19.2 Å². The second-order valence-electron chi connectivity index (χ2n) is 5.59. The monoisotopic (exact) mass is 317 g/mol. The van der Waals surface area contributed by atoms with Gasteiger partial charge in [0.15, 0.2) is 0 Å². The lowest BCUT2D eigenvalue weighted by Crippen LogP contribution is -2.34. The minimum absolute atomic E-state index is 0.212. The van der Waals surface area contributed by atoms with Gasteiger partial charge in [0.2, 0.25) is 0 Å². The fraction of sp³-hybridized carbons (Fsp3) is 0.375. The number of carbonyl (C=O) groups is 4. The second kappa shape index (κ2) is 5.83. The Kier molecular flexibility index (Phi) is 3.85. The molecule has 0 spiro atoms. The van der Waals surface area contributed by atoms with E-state index in [4.69, 9.17) is 4.84 Å². The number of hydrogen-bond donors (Lipinski definition) is 0. The average Bonchev–Trinajstić information content (AvgIpc) is 3.15. The van der Waals surface area contributed by atoms with E-state index in [1.165, 1.54) is 19.2 Å². The normalized spacial score (nSPS) is 22.9. The number of nitrogens with zero attached hydrogens (tertiary/aromatic N) is 1. The summed E-state index contributed by atoms with van der Waals surface area (Å²) >= 11 is 0. The SMILES string of the molecule is COC(=O)[C@H]1CC[C@@H](C(=O)ON2C(=O)c3ccccc3C2=O)C1. The minimum Gasteiger partial charge on any atom is -0.469 e. The van der Waals surface area contributed by atoms with Crippen molar-refractivity contribution in [3.63, 3.8) is 0 Å². The molecule has 120 valence electrons. The molecule has 0 bridgehead atoms. The number of hydrogen-bond acceptors (Lipinski definition) is 6. The molecule has 0 aromatic heterocycles. The van der Waals surface area contributed by atoms with Gasteiger partial charge in [0.25, 0.3) is 11.8 Å². The summed E-state index contributed by atoms with van der Waals surface area (Å²) in [5, 5.41) is 0.498. The predicted octanol–water partition coefficient (Wildman–Crippen LogP) is 1.33. The molecule has 1 fully saturated rings. The van der Waals surface area contributed by atoms with Crippen molar-refractivity contribution >= 4 is 23.8 Å². The Labute approximate surface area is 132 Å². The second-order valence-corrected chi connectivity index (χ2v) is 5.59. The number of carbonyl (C=O) groups excluding carboxylic acids is 4. The van der Waals surface area contributed by atoms with Crippen LogP contribution in [0.4, 0.5) is 0 Å². The smallest absolute Gasteiger partial charge is 0.336 e.